The van der Waals surface area contributed by atoms with E-state index in [1.807, 2.05) is 54.6 Å². The second-order valence-corrected chi connectivity index (χ2v) is 8.68. The Morgan fingerprint density at radius 1 is 0.839 bits per heavy atom. The van der Waals surface area contributed by atoms with E-state index < -0.39 is 0 Å². The van der Waals surface area contributed by atoms with E-state index in [2.05, 4.69) is 29.6 Å². The number of hydrogen-bond donors (Lipinski definition) is 1. The average Bonchev–Trinajstić information content (AvgIpc) is 3.28. The van der Waals surface area contributed by atoms with Crippen molar-refractivity contribution in [1.29, 1.82) is 0 Å². The maximum absolute atomic E-state index is 6.54. The van der Waals surface area contributed by atoms with Crippen LogP contribution in [0.2, 0.25) is 10.0 Å². The predicted molar refractivity (Wildman–Crippen MR) is 127 cm³/mol. The Labute approximate surface area is 192 Å². The number of allylic oxidation sites excluding steroid dienone is 2. The molecule has 2 aliphatic rings. The summed E-state index contributed by atoms with van der Waals surface area (Å²) in [5.41, 5.74) is 3.33. The van der Waals surface area contributed by atoms with Crippen LogP contribution in [0.5, 0.6) is 11.5 Å². The van der Waals surface area contributed by atoms with Crippen LogP contribution in [-0.2, 0) is 0 Å². The van der Waals surface area contributed by atoms with E-state index in [9.17, 15) is 0 Å². The van der Waals surface area contributed by atoms with E-state index in [4.69, 9.17) is 32.7 Å². The van der Waals surface area contributed by atoms with Gasteiger partial charge in [0.05, 0.1) is 6.04 Å². The lowest BCUT2D eigenvalue weighted by atomic mass is 9.77. The van der Waals surface area contributed by atoms with Crippen molar-refractivity contribution in [3.63, 3.8) is 0 Å². The van der Waals surface area contributed by atoms with E-state index in [1.165, 1.54) is 5.56 Å². The Morgan fingerprint density at radius 3 is 2.35 bits per heavy atom. The van der Waals surface area contributed by atoms with E-state index in [1.54, 1.807) is 0 Å². The molecular weight excluding hydrogens is 429 g/mol. The summed E-state index contributed by atoms with van der Waals surface area (Å²) >= 11 is 13.1. The summed E-state index contributed by atoms with van der Waals surface area (Å²) in [7, 11) is 0. The van der Waals surface area contributed by atoms with Gasteiger partial charge < -0.3 is 14.8 Å². The summed E-state index contributed by atoms with van der Waals surface area (Å²) in [6.07, 6.45) is 5.54. The molecule has 1 aliphatic heterocycles. The highest BCUT2D eigenvalue weighted by atomic mass is 35.5. The third kappa shape index (κ3) is 4.13. The summed E-state index contributed by atoms with van der Waals surface area (Å²) in [5, 5.41) is 5.11. The molecule has 3 unspecified atom stereocenters. The SMILES string of the molecule is Clc1cccc(Cl)c1C1Nc2ccc(OCCOc3ccccc3)cc2C2C=CCC21. The van der Waals surface area contributed by atoms with Crippen molar-refractivity contribution in [1.82, 2.24) is 0 Å². The average molecular weight is 452 g/mol. The number of para-hydroxylation sites is 1. The molecule has 3 aromatic rings. The van der Waals surface area contributed by atoms with Crippen LogP contribution in [0.3, 0.4) is 0 Å². The Hall–Kier alpha value is -2.62. The van der Waals surface area contributed by atoms with Gasteiger partial charge in [-0.05, 0) is 60.4 Å². The molecule has 0 radical (unpaired) electrons. The summed E-state index contributed by atoms with van der Waals surface area (Å²) in [4.78, 5) is 0. The Balaban J connectivity index is 1.32. The summed E-state index contributed by atoms with van der Waals surface area (Å²) in [6.45, 7) is 0.987. The molecule has 0 amide bonds. The van der Waals surface area contributed by atoms with Gasteiger partial charge in [-0.1, -0.05) is 59.6 Å². The molecular formula is C26H23Cl2NO2. The van der Waals surface area contributed by atoms with Crippen LogP contribution >= 0.6 is 23.2 Å². The summed E-state index contributed by atoms with van der Waals surface area (Å²) < 4.78 is 11.7. The van der Waals surface area contributed by atoms with Crippen LogP contribution in [0.1, 0.15) is 29.5 Å². The lowest BCUT2D eigenvalue weighted by Gasteiger charge is -2.38. The monoisotopic (exact) mass is 451 g/mol. The third-order valence-corrected chi connectivity index (χ3v) is 6.67. The third-order valence-electron chi connectivity index (χ3n) is 6.01. The number of halogens is 2. The van der Waals surface area contributed by atoms with Crippen LogP contribution in [0.15, 0.2) is 78.9 Å². The zero-order valence-electron chi connectivity index (χ0n) is 16.9. The Kier molecular flexibility index (Phi) is 5.80. The van der Waals surface area contributed by atoms with Crippen LogP contribution in [0, 0.1) is 5.92 Å². The first kappa shape index (κ1) is 20.3. The maximum atomic E-state index is 6.54. The van der Waals surface area contributed by atoms with Gasteiger partial charge in [0.15, 0.2) is 0 Å². The highest BCUT2D eigenvalue weighted by molar-refractivity contribution is 6.36. The molecule has 0 aromatic heterocycles. The van der Waals surface area contributed by atoms with E-state index in [0.717, 1.165) is 29.2 Å². The molecule has 5 rings (SSSR count). The van der Waals surface area contributed by atoms with Crippen molar-refractivity contribution in [2.75, 3.05) is 18.5 Å². The fourth-order valence-corrected chi connectivity index (χ4v) is 5.22. The van der Waals surface area contributed by atoms with Gasteiger partial charge in [-0.2, -0.15) is 0 Å². The second-order valence-electron chi connectivity index (χ2n) is 7.87. The molecule has 31 heavy (non-hydrogen) atoms. The highest BCUT2D eigenvalue weighted by Gasteiger charge is 2.39. The summed E-state index contributed by atoms with van der Waals surface area (Å²) in [6, 6.07) is 21.8. The molecule has 3 aromatic carbocycles. The van der Waals surface area contributed by atoms with Gasteiger partial charge in [-0.25, -0.2) is 0 Å². The number of ether oxygens (including phenoxy) is 2. The molecule has 0 bridgehead atoms. The van der Waals surface area contributed by atoms with E-state index in [-0.39, 0.29) is 6.04 Å². The van der Waals surface area contributed by atoms with Gasteiger partial charge in [-0.15, -0.1) is 0 Å². The van der Waals surface area contributed by atoms with Gasteiger partial charge in [-0.3, -0.25) is 0 Å². The molecule has 1 N–H and O–H groups in total. The molecule has 5 heteroatoms. The quantitative estimate of drug-likeness (QED) is 0.315. The highest BCUT2D eigenvalue weighted by Crippen LogP contribution is 2.52. The molecule has 0 saturated carbocycles. The molecule has 3 atom stereocenters. The number of rotatable bonds is 6. The first-order valence-electron chi connectivity index (χ1n) is 10.5. The zero-order chi connectivity index (χ0) is 21.2. The number of nitrogens with one attached hydrogen (secondary N) is 1. The van der Waals surface area contributed by atoms with Crippen LogP contribution in [-0.4, -0.2) is 13.2 Å². The van der Waals surface area contributed by atoms with Crippen molar-refractivity contribution in [3.8, 4) is 11.5 Å². The number of fused-ring (bicyclic) bond motifs is 3. The van der Waals surface area contributed by atoms with Crippen LogP contribution < -0.4 is 14.8 Å². The lowest BCUT2D eigenvalue weighted by molar-refractivity contribution is 0.217. The van der Waals surface area contributed by atoms with E-state index >= 15 is 0 Å². The van der Waals surface area contributed by atoms with Crippen molar-refractivity contribution >= 4 is 28.9 Å². The van der Waals surface area contributed by atoms with Gasteiger partial charge in [0.1, 0.15) is 24.7 Å². The maximum Gasteiger partial charge on any atom is 0.122 e. The van der Waals surface area contributed by atoms with E-state index in [0.29, 0.717) is 35.1 Å². The predicted octanol–water partition coefficient (Wildman–Crippen LogP) is 7.28. The van der Waals surface area contributed by atoms with Crippen LogP contribution in [0.4, 0.5) is 5.69 Å². The van der Waals surface area contributed by atoms with Crippen LogP contribution in [0.25, 0.3) is 0 Å². The number of benzene rings is 3. The largest absolute Gasteiger partial charge is 0.490 e. The standard InChI is InChI=1S/C26H23Cl2NO2/c27-22-10-5-11-23(28)25(22)26-20-9-4-8-19(20)21-16-18(12-13-24(21)29-26)31-15-14-30-17-6-2-1-3-7-17/h1-8,10-13,16,19-20,26,29H,9,14-15H2. The number of hydrogen-bond acceptors (Lipinski definition) is 3. The van der Waals surface area contributed by atoms with Gasteiger partial charge in [0.2, 0.25) is 0 Å². The van der Waals surface area contributed by atoms with Crippen molar-refractivity contribution in [2.24, 2.45) is 5.92 Å². The molecule has 0 fully saturated rings. The topological polar surface area (TPSA) is 30.5 Å². The first-order chi connectivity index (χ1) is 15.2. The lowest BCUT2D eigenvalue weighted by Crippen LogP contribution is -2.29. The molecule has 0 saturated heterocycles. The normalized spacial score (nSPS) is 21.2. The molecule has 0 spiro atoms. The summed E-state index contributed by atoms with van der Waals surface area (Å²) in [5.74, 6) is 2.37. The fourth-order valence-electron chi connectivity index (χ4n) is 4.59. The molecule has 3 nitrogen and oxygen atoms in total. The van der Waals surface area contributed by atoms with Gasteiger partial charge in [0, 0.05) is 27.2 Å². The molecule has 1 heterocycles. The molecule has 158 valence electrons. The zero-order valence-corrected chi connectivity index (χ0v) is 18.4. The van der Waals surface area contributed by atoms with Crippen molar-refractivity contribution < 1.29 is 9.47 Å². The fraction of sp³-hybridized carbons (Fsp3) is 0.231. The van der Waals surface area contributed by atoms with Gasteiger partial charge >= 0.3 is 0 Å². The minimum absolute atomic E-state index is 0.0692. The minimum Gasteiger partial charge on any atom is -0.490 e. The Morgan fingerprint density at radius 2 is 1.58 bits per heavy atom. The Bertz CT molecular complexity index is 1080. The second kappa shape index (κ2) is 8.86. The van der Waals surface area contributed by atoms with Crippen molar-refractivity contribution in [3.05, 3.63) is 100 Å². The number of anilines is 1. The molecule has 1 aliphatic carbocycles. The smallest absolute Gasteiger partial charge is 0.122 e. The first-order valence-corrected chi connectivity index (χ1v) is 11.3. The van der Waals surface area contributed by atoms with Gasteiger partial charge in [0.25, 0.3) is 0 Å². The minimum atomic E-state index is 0.0692. The van der Waals surface area contributed by atoms with Crippen molar-refractivity contribution in [2.45, 2.75) is 18.4 Å².